The van der Waals surface area contributed by atoms with Crippen molar-refractivity contribution in [3.8, 4) is 0 Å². The first-order valence-corrected chi connectivity index (χ1v) is 9.23. The van der Waals surface area contributed by atoms with E-state index in [0.29, 0.717) is 16.5 Å². The normalized spacial score (nSPS) is 15.0. The molecule has 7 heteroatoms. The Hall–Kier alpha value is -2.40. The lowest BCUT2D eigenvalue weighted by molar-refractivity contribution is -0.139. The molecule has 0 bridgehead atoms. The van der Waals surface area contributed by atoms with Gasteiger partial charge < -0.3 is 15.0 Å². The standard InChI is InChI=1S/C17H17N2O4P/c20-17(21)16(14-7-4-8-15-13(14)9-10-18-15)19-24(22,23)11-12-5-2-1-3-6-12/h1-10,16,18H,11H2,(H,20,21)(H2,19,22,23). The van der Waals surface area contributed by atoms with Crippen LogP contribution in [0.25, 0.3) is 10.9 Å². The maximum Gasteiger partial charge on any atom is 0.325 e. The van der Waals surface area contributed by atoms with Crippen LogP contribution in [-0.4, -0.2) is 21.0 Å². The number of benzene rings is 2. The average molecular weight is 344 g/mol. The number of hydrogen-bond acceptors (Lipinski definition) is 2. The Morgan fingerprint density at radius 1 is 1.12 bits per heavy atom. The molecule has 3 rings (SSSR count). The third-order valence-corrected chi connectivity index (χ3v) is 5.21. The maximum atomic E-state index is 12.5. The third kappa shape index (κ3) is 3.57. The van der Waals surface area contributed by atoms with Crippen LogP contribution in [0.1, 0.15) is 17.2 Å². The number of hydrogen-bond donors (Lipinski definition) is 4. The first-order valence-electron chi connectivity index (χ1n) is 7.39. The van der Waals surface area contributed by atoms with Gasteiger partial charge in [-0.1, -0.05) is 42.5 Å². The van der Waals surface area contributed by atoms with Crippen LogP contribution in [0, 0.1) is 0 Å². The van der Waals surface area contributed by atoms with Crippen LogP contribution in [0.3, 0.4) is 0 Å². The van der Waals surface area contributed by atoms with Crippen molar-refractivity contribution in [1.29, 1.82) is 0 Å². The summed E-state index contributed by atoms with van der Waals surface area (Å²) >= 11 is 0. The lowest BCUT2D eigenvalue weighted by Crippen LogP contribution is -2.27. The summed E-state index contributed by atoms with van der Waals surface area (Å²) in [5.74, 6) is -1.20. The van der Waals surface area contributed by atoms with Gasteiger partial charge in [0, 0.05) is 17.1 Å². The van der Waals surface area contributed by atoms with Gasteiger partial charge in [-0.2, -0.15) is 0 Å². The number of H-pyrrole nitrogens is 1. The van der Waals surface area contributed by atoms with Crippen molar-refractivity contribution in [2.24, 2.45) is 0 Å². The Morgan fingerprint density at radius 3 is 2.58 bits per heavy atom. The molecule has 0 saturated heterocycles. The largest absolute Gasteiger partial charge is 0.480 e. The van der Waals surface area contributed by atoms with Gasteiger partial charge in [0.05, 0.1) is 6.16 Å². The molecule has 0 spiro atoms. The van der Waals surface area contributed by atoms with E-state index in [2.05, 4.69) is 10.1 Å². The molecule has 0 fully saturated rings. The number of rotatable bonds is 6. The van der Waals surface area contributed by atoms with E-state index >= 15 is 0 Å². The fourth-order valence-corrected chi connectivity index (χ4v) is 4.15. The molecule has 24 heavy (non-hydrogen) atoms. The fourth-order valence-electron chi connectivity index (χ4n) is 2.70. The van der Waals surface area contributed by atoms with Gasteiger partial charge in [-0.25, -0.2) is 5.09 Å². The highest BCUT2D eigenvalue weighted by molar-refractivity contribution is 7.55. The van der Waals surface area contributed by atoms with Crippen molar-refractivity contribution in [2.45, 2.75) is 12.2 Å². The fraction of sp³-hybridized carbons (Fsp3) is 0.118. The van der Waals surface area contributed by atoms with Gasteiger partial charge in [-0.05, 0) is 23.3 Å². The summed E-state index contributed by atoms with van der Waals surface area (Å²) in [6, 6.07) is 14.5. The molecule has 0 aliphatic rings. The molecule has 1 aromatic heterocycles. The van der Waals surface area contributed by atoms with E-state index < -0.39 is 19.5 Å². The second-order valence-electron chi connectivity index (χ2n) is 5.53. The first-order chi connectivity index (χ1) is 11.5. The first kappa shape index (κ1) is 16.5. The summed E-state index contributed by atoms with van der Waals surface area (Å²) in [7, 11) is -3.89. The molecule has 124 valence electrons. The Labute approximate surface area is 138 Å². The monoisotopic (exact) mass is 344 g/mol. The van der Waals surface area contributed by atoms with Crippen molar-refractivity contribution < 1.29 is 19.4 Å². The molecule has 0 radical (unpaired) electrons. The molecule has 3 aromatic rings. The maximum absolute atomic E-state index is 12.5. The highest BCUT2D eigenvalue weighted by Crippen LogP contribution is 2.43. The summed E-state index contributed by atoms with van der Waals surface area (Å²) < 4.78 is 12.5. The molecule has 0 aliphatic heterocycles. The quantitative estimate of drug-likeness (QED) is 0.514. The highest BCUT2D eigenvalue weighted by atomic mass is 31.2. The van der Waals surface area contributed by atoms with Crippen molar-refractivity contribution in [2.75, 3.05) is 0 Å². The Kier molecular flexibility index (Phi) is 4.53. The van der Waals surface area contributed by atoms with Gasteiger partial charge in [0.2, 0.25) is 0 Å². The predicted octanol–water partition coefficient (Wildman–Crippen LogP) is 3.27. The molecule has 1 heterocycles. The number of aliphatic carboxylic acids is 1. The number of carboxylic acid groups (broad SMARTS) is 1. The van der Waals surface area contributed by atoms with E-state index in [0.717, 1.165) is 5.52 Å². The van der Waals surface area contributed by atoms with Crippen molar-refractivity contribution in [1.82, 2.24) is 10.1 Å². The second-order valence-corrected chi connectivity index (χ2v) is 7.51. The van der Waals surface area contributed by atoms with E-state index in [9.17, 15) is 19.4 Å². The van der Waals surface area contributed by atoms with E-state index in [1.165, 1.54) is 0 Å². The van der Waals surface area contributed by atoms with Crippen LogP contribution < -0.4 is 5.09 Å². The molecule has 2 atom stereocenters. The predicted molar refractivity (Wildman–Crippen MR) is 91.8 cm³/mol. The summed E-state index contributed by atoms with van der Waals surface area (Å²) in [5.41, 5.74) is 1.89. The van der Waals surface area contributed by atoms with Gasteiger partial charge in [0.25, 0.3) is 7.52 Å². The zero-order valence-electron chi connectivity index (χ0n) is 12.7. The van der Waals surface area contributed by atoms with Crippen LogP contribution >= 0.6 is 7.52 Å². The van der Waals surface area contributed by atoms with Crippen LogP contribution in [-0.2, 0) is 15.5 Å². The molecule has 6 nitrogen and oxygen atoms in total. The Morgan fingerprint density at radius 2 is 1.88 bits per heavy atom. The zero-order chi connectivity index (χ0) is 17.2. The van der Waals surface area contributed by atoms with E-state index in [4.69, 9.17) is 0 Å². The van der Waals surface area contributed by atoms with Gasteiger partial charge in [-0.3, -0.25) is 9.36 Å². The number of fused-ring (bicyclic) bond motifs is 1. The number of aromatic nitrogens is 1. The van der Waals surface area contributed by atoms with Gasteiger partial charge in [0.1, 0.15) is 6.04 Å². The summed E-state index contributed by atoms with van der Waals surface area (Å²) in [5, 5.41) is 12.7. The van der Waals surface area contributed by atoms with E-state index in [1.807, 2.05) is 12.1 Å². The van der Waals surface area contributed by atoms with Crippen molar-refractivity contribution in [3.05, 3.63) is 71.9 Å². The molecular weight excluding hydrogens is 327 g/mol. The molecule has 0 amide bonds. The van der Waals surface area contributed by atoms with Crippen molar-refractivity contribution >= 4 is 24.4 Å². The second kappa shape index (κ2) is 6.61. The molecule has 4 N–H and O–H groups in total. The zero-order valence-corrected chi connectivity index (χ0v) is 13.6. The summed E-state index contributed by atoms with van der Waals surface area (Å²) in [4.78, 5) is 24.9. The van der Waals surface area contributed by atoms with Crippen molar-refractivity contribution in [3.63, 3.8) is 0 Å². The topological polar surface area (TPSA) is 102 Å². The third-order valence-electron chi connectivity index (χ3n) is 3.76. The number of carboxylic acids is 1. The van der Waals surface area contributed by atoms with Crippen LogP contribution in [0.2, 0.25) is 0 Å². The molecule has 0 aliphatic carbocycles. The number of aromatic amines is 1. The lowest BCUT2D eigenvalue weighted by atomic mass is 10.0. The summed E-state index contributed by atoms with van der Waals surface area (Å²) in [6.07, 6.45) is 1.57. The minimum Gasteiger partial charge on any atom is -0.480 e. The van der Waals surface area contributed by atoms with Crippen LogP contribution in [0.4, 0.5) is 0 Å². The molecule has 2 unspecified atom stereocenters. The Balaban J connectivity index is 1.90. The van der Waals surface area contributed by atoms with E-state index in [-0.39, 0.29) is 6.16 Å². The number of carbonyl (C=O) groups is 1. The van der Waals surface area contributed by atoms with Gasteiger partial charge in [0.15, 0.2) is 0 Å². The van der Waals surface area contributed by atoms with E-state index in [1.54, 1.807) is 48.7 Å². The minimum absolute atomic E-state index is 0.138. The average Bonchev–Trinajstić information content (AvgIpc) is 3.01. The SMILES string of the molecule is O=C(O)C(NP(=O)(O)Cc1ccccc1)c1cccc2[nH]ccc12. The van der Waals surface area contributed by atoms with Crippen LogP contribution in [0.5, 0.6) is 0 Å². The van der Waals surface area contributed by atoms with Crippen LogP contribution in [0.15, 0.2) is 60.8 Å². The molecular formula is C17H17N2O4P. The van der Waals surface area contributed by atoms with Gasteiger partial charge >= 0.3 is 5.97 Å². The highest BCUT2D eigenvalue weighted by Gasteiger charge is 2.30. The molecule has 0 saturated carbocycles. The summed E-state index contributed by atoms with van der Waals surface area (Å²) in [6.45, 7) is 0. The lowest BCUT2D eigenvalue weighted by Gasteiger charge is -2.20. The minimum atomic E-state index is -3.89. The van der Waals surface area contributed by atoms with Gasteiger partial charge in [-0.15, -0.1) is 0 Å². The number of nitrogens with one attached hydrogen (secondary N) is 2. The Bertz CT molecular complexity index is 907. The smallest absolute Gasteiger partial charge is 0.325 e. The molecule has 2 aromatic carbocycles.